The summed E-state index contributed by atoms with van der Waals surface area (Å²) in [6.07, 6.45) is 0.814. The maximum atomic E-state index is 13.3. The van der Waals surface area contributed by atoms with Gasteiger partial charge in [-0.1, -0.05) is 0 Å². The average molecular weight is 318 g/mol. The Bertz CT molecular complexity index is 707. The molecular weight excluding hydrogens is 299 g/mol. The second kappa shape index (κ2) is 6.91. The first kappa shape index (κ1) is 15.7. The molecule has 0 bridgehead atoms. The molecule has 0 aliphatic carbocycles. The van der Waals surface area contributed by atoms with Crippen molar-refractivity contribution < 1.29 is 19.0 Å². The largest absolute Gasteiger partial charge is 0.478 e. The summed E-state index contributed by atoms with van der Waals surface area (Å²) in [5, 5.41) is 9.74. The van der Waals surface area contributed by atoms with Gasteiger partial charge in [0.15, 0.2) is 0 Å². The molecule has 122 valence electrons. The van der Waals surface area contributed by atoms with Crippen LogP contribution in [0.15, 0.2) is 30.3 Å². The highest BCUT2D eigenvalue weighted by Gasteiger charge is 2.18. The van der Waals surface area contributed by atoms with Crippen LogP contribution < -0.4 is 4.74 Å². The van der Waals surface area contributed by atoms with Crippen LogP contribution in [0, 0.1) is 0 Å². The Labute approximate surface area is 133 Å². The molecule has 1 unspecified atom stereocenters. The van der Waals surface area contributed by atoms with Crippen LogP contribution in [0.5, 0.6) is 5.88 Å². The maximum Gasteiger partial charge on any atom is 0.335 e. The topological polar surface area (TPSA) is 62.7 Å². The van der Waals surface area contributed by atoms with E-state index in [2.05, 4.69) is 9.88 Å². The van der Waals surface area contributed by atoms with E-state index in [0.29, 0.717) is 37.5 Å². The summed E-state index contributed by atoms with van der Waals surface area (Å²) in [6.45, 7) is 2.52. The van der Waals surface area contributed by atoms with E-state index in [4.69, 9.17) is 9.84 Å². The van der Waals surface area contributed by atoms with E-state index in [1.54, 1.807) is 24.3 Å². The van der Waals surface area contributed by atoms with Crippen molar-refractivity contribution in [1.29, 1.82) is 0 Å². The first-order valence-electron chi connectivity index (χ1n) is 7.75. The molecule has 1 atom stereocenters. The van der Waals surface area contributed by atoms with Crippen LogP contribution in [0.2, 0.25) is 0 Å². The Balaban J connectivity index is 1.60. The Morgan fingerprint density at radius 1 is 1.39 bits per heavy atom. The van der Waals surface area contributed by atoms with Gasteiger partial charge in [0.25, 0.3) is 0 Å². The van der Waals surface area contributed by atoms with E-state index >= 15 is 0 Å². The minimum Gasteiger partial charge on any atom is -0.478 e. The minimum atomic E-state index is -0.958. The summed E-state index contributed by atoms with van der Waals surface area (Å²) < 4.78 is 18.9. The minimum absolute atomic E-state index is 0.235. The number of pyridine rings is 1. The number of hydrogen-bond acceptors (Lipinski definition) is 4. The number of aromatic nitrogens is 1. The number of likely N-dealkylation sites (tertiary alicyclic amines) is 1. The van der Waals surface area contributed by atoms with Crippen LogP contribution >= 0.6 is 0 Å². The fourth-order valence-corrected chi connectivity index (χ4v) is 2.80. The van der Waals surface area contributed by atoms with E-state index in [1.807, 2.05) is 0 Å². The normalized spacial score (nSPS) is 18.9. The summed E-state index contributed by atoms with van der Waals surface area (Å²) in [4.78, 5) is 17.4. The van der Waals surface area contributed by atoms with E-state index in [-0.39, 0.29) is 5.56 Å². The van der Waals surface area contributed by atoms with Gasteiger partial charge in [-0.3, -0.25) is 4.90 Å². The van der Waals surface area contributed by atoms with Crippen LogP contribution in [-0.2, 0) is 0 Å². The molecule has 5 nitrogen and oxygen atoms in total. The Morgan fingerprint density at radius 2 is 2.26 bits per heavy atom. The lowest BCUT2D eigenvalue weighted by Gasteiger charge is -2.28. The van der Waals surface area contributed by atoms with E-state index in [1.165, 1.54) is 6.07 Å². The highest BCUT2D eigenvalue weighted by molar-refractivity contribution is 5.93. The molecule has 3 rings (SSSR count). The Morgan fingerprint density at radius 3 is 3.04 bits per heavy atom. The first-order valence-corrected chi connectivity index (χ1v) is 7.75. The third-order valence-electron chi connectivity index (χ3n) is 4.02. The maximum absolute atomic E-state index is 13.3. The highest BCUT2D eigenvalue weighted by atomic mass is 19.1. The number of ether oxygens (including phenoxy) is 1. The molecule has 1 aromatic heterocycles. The Kier molecular flexibility index (Phi) is 4.71. The second-order valence-electron chi connectivity index (χ2n) is 5.75. The molecule has 0 radical (unpaired) electrons. The SMILES string of the molecule is O=C(O)c1ccc2nc(OCCN3CCCC(F)C3)ccc2c1. The molecule has 1 aliphatic heterocycles. The van der Waals surface area contributed by atoms with Gasteiger partial charge in [-0.25, -0.2) is 14.2 Å². The number of carboxylic acid groups (broad SMARTS) is 1. The number of aromatic carboxylic acids is 1. The Hall–Kier alpha value is -2.21. The fourth-order valence-electron chi connectivity index (χ4n) is 2.80. The van der Waals surface area contributed by atoms with Crippen LogP contribution in [0.4, 0.5) is 4.39 Å². The third kappa shape index (κ3) is 3.96. The molecule has 1 fully saturated rings. The van der Waals surface area contributed by atoms with E-state index in [0.717, 1.165) is 18.4 Å². The summed E-state index contributed by atoms with van der Waals surface area (Å²) in [5.41, 5.74) is 0.924. The van der Waals surface area contributed by atoms with E-state index in [9.17, 15) is 9.18 Å². The second-order valence-corrected chi connectivity index (χ2v) is 5.75. The molecule has 6 heteroatoms. The number of piperidine rings is 1. The number of alkyl halides is 1. The molecule has 23 heavy (non-hydrogen) atoms. The van der Waals surface area contributed by atoms with Gasteiger partial charge in [-0.05, 0) is 43.7 Å². The zero-order valence-corrected chi connectivity index (χ0v) is 12.7. The van der Waals surface area contributed by atoms with Crippen molar-refractivity contribution in [3.05, 3.63) is 35.9 Å². The average Bonchev–Trinajstić information content (AvgIpc) is 2.54. The number of benzene rings is 1. The van der Waals surface area contributed by atoms with Gasteiger partial charge in [0.1, 0.15) is 12.8 Å². The standard InChI is InChI=1S/C17H19FN2O3/c18-14-2-1-7-20(11-14)8-9-23-16-6-4-12-10-13(17(21)22)3-5-15(12)19-16/h3-6,10,14H,1-2,7-9,11H2,(H,21,22). The van der Waals surface area contributed by atoms with Crippen molar-refractivity contribution in [2.45, 2.75) is 19.0 Å². The van der Waals surface area contributed by atoms with Crippen molar-refractivity contribution in [2.75, 3.05) is 26.2 Å². The molecule has 1 aliphatic rings. The van der Waals surface area contributed by atoms with Gasteiger partial charge >= 0.3 is 5.97 Å². The van der Waals surface area contributed by atoms with Gasteiger partial charge in [-0.2, -0.15) is 0 Å². The first-order chi connectivity index (χ1) is 11.1. The molecule has 2 aromatic rings. The van der Waals surface area contributed by atoms with Gasteiger partial charge < -0.3 is 9.84 Å². The lowest BCUT2D eigenvalue weighted by atomic mass is 10.1. The molecule has 0 spiro atoms. The highest BCUT2D eigenvalue weighted by Crippen LogP contribution is 2.18. The lowest BCUT2D eigenvalue weighted by Crippen LogP contribution is -2.38. The van der Waals surface area contributed by atoms with Crippen molar-refractivity contribution in [3.63, 3.8) is 0 Å². The molecular formula is C17H19FN2O3. The van der Waals surface area contributed by atoms with Gasteiger partial charge in [0.05, 0.1) is 11.1 Å². The summed E-state index contributed by atoms with van der Waals surface area (Å²) in [6, 6.07) is 8.30. The van der Waals surface area contributed by atoms with Crippen molar-refractivity contribution >= 4 is 16.9 Å². The quantitative estimate of drug-likeness (QED) is 0.918. The molecule has 1 N–H and O–H groups in total. The van der Waals surface area contributed by atoms with Crippen LogP contribution in [-0.4, -0.2) is 53.4 Å². The lowest BCUT2D eigenvalue weighted by molar-refractivity contribution is 0.0697. The van der Waals surface area contributed by atoms with Gasteiger partial charge in [0.2, 0.25) is 5.88 Å². The van der Waals surface area contributed by atoms with Crippen molar-refractivity contribution in [3.8, 4) is 5.88 Å². The number of rotatable bonds is 5. The zero-order valence-electron chi connectivity index (χ0n) is 12.7. The van der Waals surface area contributed by atoms with Crippen molar-refractivity contribution in [1.82, 2.24) is 9.88 Å². The predicted octanol–water partition coefficient (Wildman–Crippen LogP) is 2.75. The van der Waals surface area contributed by atoms with Crippen LogP contribution in [0.3, 0.4) is 0 Å². The third-order valence-corrected chi connectivity index (χ3v) is 4.02. The number of hydrogen-bond donors (Lipinski definition) is 1. The smallest absolute Gasteiger partial charge is 0.335 e. The van der Waals surface area contributed by atoms with E-state index < -0.39 is 12.1 Å². The van der Waals surface area contributed by atoms with Crippen LogP contribution in [0.25, 0.3) is 10.9 Å². The van der Waals surface area contributed by atoms with Gasteiger partial charge in [-0.15, -0.1) is 0 Å². The van der Waals surface area contributed by atoms with Crippen molar-refractivity contribution in [2.24, 2.45) is 0 Å². The summed E-state index contributed by atoms with van der Waals surface area (Å²) in [7, 11) is 0. The number of fused-ring (bicyclic) bond motifs is 1. The zero-order chi connectivity index (χ0) is 16.2. The fraction of sp³-hybridized carbons (Fsp3) is 0.412. The molecule has 0 amide bonds. The number of carbonyl (C=O) groups is 1. The number of nitrogens with zero attached hydrogens (tertiary/aromatic N) is 2. The van der Waals surface area contributed by atoms with Crippen LogP contribution in [0.1, 0.15) is 23.2 Å². The summed E-state index contributed by atoms with van der Waals surface area (Å²) in [5.74, 6) is -0.464. The molecule has 1 saturated heterocycles. The predicted molar refractivity (Wildman–Crippen MR) is 84.8 cm³/mol. The molecule has 1 aromatic carbocycles. The number of carboxylic acids is 1. The monoisotopic (exact) mass is 318 g/mol. The molecule has 2 heterocycles. The molecule has 0 saturated carbocycles. The number of halogens is 1. The summed E-state index contributed by atoms with van der Waals surface area (Å²) >= 11 is 0. The van der Waals surface area contributed by atoms with Gasteiger partial charge in [0, 0.05) is 24.5 Å².